The Balaban J connectivity index is 0. The zero-order valence-electron chi connectivity index (χ0n) is 16.6. The van der Waals surface area contributed by atoms with E-state index in [1.165, 1.54) is 0 Å². The summed E-state index contributed by atoms with van der Waals surface area (Å²) < 4.78 is 22.1. The van der Waals surface area contributed by atoms with Crippen molar-refractivity contribution in [3.05, 3.63) is 12.2 Å². The van der Waals surface area contributed by atoms with Gasteiger partial charge in [-0.25, -0.2) is 4.79 Å². The van der Waals surface area contributed by atoms with E-state index in [9.17, 15) is 4.79 Å². The summed E-state index contributed by atoms with van der Waals surface area (Å²) in [5.41, 5.74) is 0.420. The molecular weight excluding hydrogens is 329 g/mol. The number of esters is 1. The third-order valence-electron chi connectivity index (χ3n) is 3.02. The van der Waals surface area contributed by atoms with Crippen molar-refractivity contribution in [2.24, 2.45) is 0 Å². The molecule has 0 saturated heterocycles. The molecule has 1 unspecified atom stereocenters. The minimum Gasteiger partial charge on any atom is -0.456 e. The quantitative estimate of drug-likeness (QED) is 0.163. The molecule has 0 saturated carbocycles. The molecule has 0 N–H and O–H groups in total. The number of likely N-dealkylation sites (N-methyl/N-ethyl adjacent to an activating group) is 1. The highest BCUT2D eigenvalue weighted by Crippen LogP contribution is 2.38. The van der Waals surface area contributed by atoms with Crippen molar-refractivity contribution in [2.45, 2.75) is 40.5 Å². The molecule has 0 rings (SSSR count). The summed E-state index contributed by atoms with van der Waals surface area (Å²) in [5.74, 6) is -0.344. The lowest BCUT2D eigenvalue weighted by Gasteiger charge is -2.29. The Bertz CT molecular complexity index is 337. The second-order valence-electron chi connectivity index (χ2n) is 5.73. The molecule has 0 bridgehead atoms. The van der Waals surface area contributed by atoms with Gasteiger partial charge in [-0.15, -0.1) is 0 Å². The Morgan fingerprint density at radius 2 is 1.62 bits per heavy atom. The first-order chi connectivity index (χ1) is 11.3. The molecule has 0 aromatic rings. The lowest BCUT2D eigenvalue weighted by atomic mass is 10.4. The van der Waals surface area contributed by atoms with E-state index in [1.807, 2.05) is 13.8 Å². The molecule has 0 spiro atoms. The van der Waals surface area contributed by atoms with E-state index in [0.29, 0.717) is 36.4 Å². The second-order valence-corrected chi connectivity index (χ2v) is 7.05. The number of hydrogen-bond acceptors (Lipinski definition) is 5. The Morgan fingerprint density at radius 3 is 2.12 bits per heavy atom. The first kappa shape index (κ1) is 25.7. The fraction of sp³-hybridized carbons (Fsp3) is 0.824. The Labute approximate surface area is 149 Å². The molecule has 0 fully saturated rings. The molecule has 0 aliphatic carbocycles. The molecule has 0 aromatic heterocycles. The SMILES string of the molecule is C=C(C)C(=O)OCC[N+](C)(C)CCOP(OC)OCCCC.CC. The highest BCUT2D eigenvalue weighted by Gasteiger charge is 2.18. The Morgan fingerprint density at radius 1 is 1.08 bits per heavy atom. The summed E-state index contributed by atoms with van der Waals surface area (Å²) in [6.45, 7) is 14.4. The number of hydrogen-bond donors (Lipinski definition) is 0. The van der Waals surface area contributed by atoms with Crippen molar-refractivity contribution >= 4 is 14.6 Å². The van der Waals surface area contributed by atoms with Crippen LogP contribution < -0.4 is 0 Å². The summed E-state index contributed by atoms with van der Waals surface area (Å²) in [7, 11) is 4.45. The number of quaternary nitrogens is 1. The number of nitrogens with zero attached hydrogens (tertiary/aromatic N) is 1. The van der Waals surface area contributed by atoms with Crippen LogP contribution in [-0.2, 0) is 23.1 Å². The van der Waals surface area contributed by atoms with E-state index in [1.54, 1.807) is 14.0 Å². The van der Waals surface area contributed by atoms with Crippen LogP contribution >= 0.6 is 8.60 Å². The number of carbonyl (C=O) groups excluding carboxylic acids is 1. The van der Waals surface area contributed by atoms with E-state index in [0.717, 1.165) is 19.4 Å². The van der Waals surface area contributed by atoms with Crippen LogP contribution in [0.3, 0.4) is 0 Å². The first-order valence-corrected chi connectivity index (χ1v) is 9.66. The van der Waals surface area contributed by atoms with Crippen molar-refractivity contribution in [3.63, 3.8) is 0 Å². The van der Waals surface area contributed by atoms with E-state index < -0.39 is 8.60 Å². The van der Waals surface area contributed by atoms with Gasteiger partial charge in [0.25, 0.3) is 0 Å². The van der Waals surface area contributed by atoms with Gasteiger partial charge in [-0.1, -0.05) is 33.8 Å². The van der Waals surface area contributed by atoms with Gasteiger partial charge in [0.2, 0.25) is 0 Å². The molecule has 0 aromatic carbocycles. The number of ether oxygens (including phenoxy) is 1. The van der Waals surface area contributed by atoms with Crippen molar-refractivity contribution in [3.8, 4) is 0 Å². The van der Waals surface area contributed by atoms with Crippen molar-refractivity contribution < 1.29 is 27.6 Å². The second kappa shape index (κ2) is 16.0. The normalized spacial score (nSPS) is 12.1. The predicted molar refractivity (Wildman–Crippen MR) is 99.7 cm³/mol. The topological polar surface area (TPSA) is 54.0 Å². The smallest absolute Gasteiger partial charge is 0.333 e. The van der Waals surface area contributed by atoms with Gasteiger partial charge in [-0.3, -0.25) is 0 Å². The fourth-order valence-corrected chi connectivity index (χ4v) is 2.20. The maximum absolute atomic E-state index is 11.3. The standard InChI is InChI=1S/C15H31NO5P.C2H6/c1-7-8-11-20-22(18-6)21-13-10-16(4,5)9-12-19-15(17)14(2)3;1-2/h2,7-13H2,1,3-6H3;1-2H3/q+1;. The van der Waals surface area contributed by atoms with Crippen molar-refractivity contribution in [1.82, 2.24) is 0 Å². The van der Waals surface area contributed by atoms with Gasteiger partial charge in [-0.05, 0) is 13.3 Å². The molecule has 0 aliphatic rings. The fourth-order valence-electron chi connectivity index (χ4n) is 1.41. The van der Waals surface area contributed by atoms with Crippen LogP contribution in [0.4, 0.5) is 0 Å². The van der Waals surface area contributed by atoms with Crippen LogP contribution in [0.15, 0.2) is 12.2 Å². The van der Waals surface area contributed by atoms with Gasteiger partial charge in [-0.2, -0.15) is 0 Å². The molecule has 24 heavy (non-hydrogen) atoms. The maximum atomic E-state index is 11.3. The molecule has 144 valence electrons. The van der Waals surface area contributed by atoms with Gasteiger partial charge in [0.05, 0.1) is 20.7 Å². The summed E-state index contributed by atoms with van der Waals surface area (Å²) in [5, 5.41) is 0. The van der Waals surface area contributed by atoms with E-state index in [2.05, 4.69) is 27.6 Å². The molecule has 0 amide bonds. The molecule has 0 aliphatic heterocycles. The van der Waals surface area contributed by atoms with Gasteiger partial charge in [0.15, 0.2) is 0 Å². The highest BCUT2D eigenvalue weighted by molar-refractivity contribution is 7.41. The minimum atomic E-state index is -1.26. The van der Waals surface area contributed by atoms with Gasteiger partial charge < -0.3 is 22.8 Å². The zero-order valence-corrected chi connectivity index (χ0v) is 17.5. The lowest BCUT2D eigenvalue weighted by Crippen LogP contribution is -2.44. The largest absolute Gasteiger partial charge is 0.456 e. The number of unbranched alkanes of at least 4 members (excludes halogenated alkanes) is 1. The van der Waals surface area contributed by atoms with Crippen LogP contribution in [0.5, 0.6) is 0 Å². The zero-order chi connectivity index (χ0) is 19.0. The van der Waals surface area contributed by atoms with E-state index in [4.69, 9.17) is 18.3 Å². The van der Waals surface area contributed by atoms with Crippen molar-refractivity contribution in [2.75, 3.05) is 54.1 Å². The third kappa shape index (κ3) is 15.0. The summed E-state index contributed by atoms with van der Waals surface area (Å²) >= 11 is 0. The van der Waals surface area contributed by atoms with Gasteiger partial charge in [0.1, 0.15) is 26.3 Å². The Hall–Kier alpha value is -0.520. The molecule has 0 radical (unpaired) electrons. The number of rotatable bonds is 13. The summed E-state index contributed by atoms with van der Waals surface area (Å²) in [6.07, 6.45) is 2.08. The average molecular weight is 366 g/mol. The third-order valence-corrected chi connectivity index (χ3v) is 4.10. The average Bonchev–Trinajstić information content (AvgIpc) is 2.55. The predicted octanol–water partition coefficient (Wildman–Crippen LogP) is 3.91. The van der Waals surface area contributed by atoms with Crippen LogP contribution in [0.1, 0.15) is 40.5 Å². The molecule has 1 atom stereocenters. The van der Waals surface area contributed by atoms with Gasteiger partial charge >= 0.3 is 14.6 Å². The molecule has 6 nitrogen and oxygen atoms in total. The highest BCUT2D eigenvalue weighted by atomic mass is 31.2. The lowest BCUT2D eigenvalue weighted by molar-refractivity contribution is -0.890. The first-order valence-electron chi connectivity index (χ1n) is 8.57. The Kier molecular flexibility index (Phi) is 17.1. The summed E-state index contributed by atoms with van der Waals surface area (Å²) in [6, 6.07) is 0. The minimum absolute atomic E-state index is 0.344. The van der Waals surface area contributed by atoms with Crippen LogP contribution in [0.25, 0.3) is 0 Å². The van der Waals surface area contributed by atoms with Crippen LogP contribution in [0.2, 0.25) is 0 Å². The monoisotopic (exact) mass is 366 g/mol. The molecule has 0 heterocycles. The maximum Gasteiger partial charge on any atom is 0.333 e. The van der Waals surface area contributed by atoms with Crippen molar-refractivity contribution in [1.29, 1.82) is 0 Å². The van der Waals surface area contributed by atoms with E-state index >= 15 is 0 Å². The molecular formula is C17H37NO5P+. The number of carbonyl (C=O) groups is 1. The van der Waals surface area contributed by atoms with E-state index in [-0.39, 0.29) is 5.97 Å². The summed E-state index contributed by atoms with van der Waals surface area (Å²) in [4.78, 5) is 11.3. The van der Waals surface area contributed by atoms with Crippen LogP contribution in [-0.4, -0.2) is 64.6 Å². The van der Waals surface area contributed by atoms with Crippen LogP contribution in [0, 0.1) is 0 Å². The van der Waals surface area contributed by atoms with Gasteiger partial charge in [0, 0.05) is 12.7 Å². The molecule has 7 heteroatoms.